The lowest BCUT2D eigenvalue weighted by atomic mass is 10.1. The fourth-order valence-corrected chi connectivity index (χ4v) is 5.38. The molecule has 1 heterocycles. The van der Waals surface area contributed by atoms with Crippen LogP contribution in [0, 0.1) is 5.82 Å². The first-order chi connectivity index (χ1) is 13.7. The maximum Gasteiger partial charge on any atom is 0.341 e. The van der Waals surface area contributed by atoms with Crippen molar-refractivity contribution in [3.8, 4) is 0 Å². The Labute approximate surface area is 172 Å². The Morgan fingerprint density at radius 2 is 2.07 bits per heavy atom. The number of benzene rings is 1. The van der Waals surface area contributed by atoms with Gasteiger partial charge in [0.25, 0.3) is 0 Å². The number of sulfonamides is 1. The van der Waals surface area contributed by atoms with Crippen molar-refractivity contribution in [1.29, 1.82) is 0 Å². The first-order valence-corrected chi connectivity index (χ1v) is 11.7. The van der Waals surface area contributed by atoms with Crippen LogP contribution in [0.3, 0.4) is 0 Å². The van der Waals surface area contributed by atoms with Crippen molar-refractivity contribution in [2.75, 3.05) is 29.0 Å². The number of thiophene rings is 1. The molecule has 0 radical (unpaired) electrons. The van der Waals surface area contributed by atoms with E-state index >= 15 is 0 Å². The molecule has 0 bridgehead atoms. The van der Waals surface area contributed by atoms with Crippen LogP contribution in [0.1, 0.15) is 34.1 Å². The third kappa shape index (κ3) is 4.76. The number of carbonyl (C=O) groups is 2. The van der Waals surface area contributed by atoms with Crippen LogP contribution >= 0.6 is 11.3 Å². The number of aryl methyl sites for hydroxylation is 1. The molecule has 2 aromatic rings. The number of hydrogen-bond acceptors (Lipinski definition) is 6. The number of anilines is 2. The summed E-state index contributed by atoms with van der Waals surface area (Å²) in [6, 6.07) is 4.99. The van der Waals surface area contributed by atoms with Gasteiger partial charge < -0.3 is 10.1 Å². The SMILES string of the molecule is CCOC(=O)c1c(NC(=O)CN(c2cccc(F)c2)S(C)(=O)=O)sc2c1CCC2. The summed E-state index contributed by atoms with van der Waals surface area (Å²) in [4.78, 5) is 26.0. The summed E-state index contributed by atoms with van der Waals surface area (Å²) < 4.78 is 43.8. The third-order valence-corrected chi connectivity index (χ3v) is 6.79. The highest BCUT2D eigenvalue weighted by Gasteiger charge is 2.29. The van der Waals surface area contributed by atoms with Crippen molar-refractivity contribution >= 4 is 43.9 Å². The summed E-state index contributed by atoms with van der Waals surface area (Å²) in [5, 5.41) is 3.00. The second-order valence-corrected chi connectivity index (χ2v) is 9.59. The molecule has 156 valence electrons. The Morgan fingerprint density at radius 1 is 1.31 bits per heavy atom. The zero-order valence-corrected chi connectivity index (χ0v) is 17.7. The average Bonchev–Trinajstić information content (AvgIpc) is 3.19. The van der Waals surface area contributed by atoms with Gasteiger partial charge >= 0.3 is 5.97 Å². The Balaban J connectivity index is 1.85. The lowest BCUT2D eigenvalue weighted by molar-refractivity contribution is -0.114. The zero-order chi connectivity index (χ0) is 21.2. The monoisotopic (exact) mass is 440 g/mol. The normalized spacial score (nSPS) is 13.1. The fourth-order valence-electron chi connectivity index (χ4n) is 3.24. The van der Waals surface area contributed by atoms with Crippen LogP contribution in [0.25, 0.3) is 0 Å². The van der Waals surface area contributed by atoms with Crippen LogP contribution in [0.4, 0.5) is 15.1 Å². The van der Waals surface area contributed by atoms with Crippen molar-refractivity contribution < 1.29 is 27.1 Å². The number of nitrogens with zero attached hydrogens (tertiary/aromatic N) is 1. The number of fused-ring (bicyclic) bond motifs is 1. The van der Waals surface area contributed by atoms with E-state index in [-0.39, 0.29) is 12.3 Å². The van der Waals surface area contributed by atoms with Crippen molar-refractivity contribution in [3.05, 3.63) is 46.1 Å². The molecule has 0 spiro atoms. The van der Waals surface area contributed by atoms with Gasteiger partial charge in [0.15, 0.2) is 0 Å². The summed E-state index contributed by atoms with van der Waals surface area (Å²) >= 11 is 1.30. The first kappa shape index (κ1) is 21.3. The Hall–Kier alpha value is -2.46. The number of nitrogens with one attached hydrogen (secondary N) is 1. The molecule has 10 heteroatoms. The Kier molecular flexibility index (Phi) is 6.23. The van der Waals surface area contributed by atoms with Gasteiger partial charge in [0.2, 0.25) is 15.9 Å². The van der Waals surface area contributed by atoms with Gasteiger partial charge in [0.05, 0.1) is 24.1 Å². The summed E-state index contributed by atoms with van der Waals surface area (Å²) in [7, 11) is -3.84. The first-order valence-electron chi connectivity index (χ1n) is 9.05. The van der Waals surface area contributed by atoms with Crippen LogP contribution in [-0.2, 0) is 32.4 Å². The lowest BCUT2D eigenvalue weighted by Crippen LogP contribution is -2.37. The molecule has 29 heavy (non-hydrogen) atoms. The minimum Gasteiger partial charge on any atom is -0.462 e. The second kappa shape index (κ2) is 8.50. The molecule has 7 nitrogen and oxygen atoms in total. The lowest BCUT2D eigenvalue weighted by Gasteiger charge is -2.21. The standard InChI is InChI=1S/C19H21FN2O5S2/c1-3-27-19(24)17-14-8-5-9-15(14)28-18(17)21-16(23)11-22(29(2,25)26)13-7-4-6-12(20)10-13/h4,6-7,10H,3,5,8-9,11H2,1-2H3,(H,21,23). The van der Waals surface area contributed by atoms with Crippen molar-refractivity contribution in [2.24, 2.45) is 0 Å². The molecule has 0 saturated carbocycles. The van der Waals surface area contributed by atoms with Crippen LogP contribution in [0.5, 0.6) is 0 Å². The van der Waals surface area contributed by atoms with E-state index in [0.717, 1.165) is 46.3 Å². The number of hydrogen-bond donors (Lipinski definition) is 1. The molecule has 1 aromatic heterocycles. The predicted molar refractivity (Wildman–Crippen MR) is 110 cm³/mol. The Morgan fingerprint density at radius 3 is 2.72 bits per heavy atom. The average molecular weight is 441 g/mol. The molecule has 0 aliphatic heterocycles. The highest BCUT2D eigenvalue weighted by atomic mass is 32.2. The smallest absolute Gasteiger partial charge is 0.341 e. The van der Waals surface area contributed by atoms with Gasteiger partial charge in [-0.05, 0) is 49.9 Å². The van der Waals surface area contributed by atoms with Crippen LogP contribution in [0.2, 0.25) is 0 Å². The quantitative estimate of drug-likeness (QED) is 0.669. The van der Waals surface area contributed by atoms with E-state index in [0.29, 0.717) is 10.6 Å². The van der Waals surface area contributed by atoms with Crippen LogP contribution < -0.4 is 9.62 Å². The molecule has 0 atom stereocenters. The number of amides is 1. The molecule has 0 saturated heterocycles. The van der Waals surface area contributed by atoms with Gasteiger partial charge in [0.1, 0.15) is 17.4 Å². The number of halogens is 1. The number of esters is 1. The fraction of sp³-hybridized carbons (Fsp3) is 0.368. The zero-order valence-electron chi connectivity index (χ0n) is 16.0. The van der Waals surface area contributed by atoms with Gasteiger partial charge in [-0.25, -0.2) is 17.6 Å². The molecule has 1 amide bonds. The number of ether oxygens (including phenoxy) is 1. The van der Waals surface area contributed by atoms with E-state index in [1.54, 1.807) is 6.92 Å². The van der Waals surface area contributed by atoms with Crippen molar-refractivity contribution in [3.63, 3.8) is 0 Å². The predicted octanol–water partition coefficient (Wildman–Crippen LogP) is 2.96. The van der Waals surface area contributed by atoms with Crippen molar-refractivity contribution in [1.82, 2.24) is 0 Å². The molecule has 1 aliphatic carbocycles. The Bertz CT molecular complexity index is 1050. The summed E-state index contributed by atoms with van der Waals surface area (Å²) in [6.45, 7) is 1.36. The molecule has 0 unspecified atom stereocenters. The van der Waals surface area contributed by atoms with E-state index < -0.39 is 34.3 Å². The summed E-state index contributed by atoms with van der Waals surface area (Å²) in [6.07, 6.45) is 3.42. The van der Waals surface area contributed by atoms with Crippen molar-refractivity contribution in [2.45, 2.75) is 26.2 Å². The minimum atomic E-state index is -3.84. The minimum absolute atomic E-state index is 0.0435. The van der Waals surface area contributed by atoms with Gasteiger partial charge in [-0.2, -0.15) is 0 Å². The number of carbonyl (C=O) groups excluding carboxylic acids is 2. The van der Waals surface area contributed by atoms with E-state index in [4.69, 9.17) is 4.74 Å². The molecule has 0 fully saturated rings. The molecular weight excluding hydrogens is 419 g/mol. The molecule has 3 rings (SSSR count). The highest BCUT2D eigenvalue weighted by Crippen LogP contribution is 2.39. The van der Waals surface area contributed by atoms with Gasteiger partial charge in [0, 0.05) is 4.88 Å². The topological polar surface area (TPSA) is 92.8 Å². The van der Waals surface area contributed by atoms with E-state index in [1.165, 1.54) is 29.5 Å². The van der Waals surface area contributed by atoms with Gasteiger partial charge in [-0.15, -0.1) is 11.3 Å². The largest absolute Gasteiger partial charge is 0.462 e. The third-order valence-electron chi connectivity index (χ3n) is 4.44. The molecule has 1 aliphatic rings. The van der Waals surface area contributed by atoms with E-state index in [9.17, 15) is 22.4 Å². The maximum absolute atomic E-state index is 13.5. The van der Waals surface area contributed by atoms with E-state index in [2.05, 4.69) is 5.32 Å². The van der Waals surface area contributed by atoms with Crippen LogP contribution in [0.15, 0.2) is 24.3 Å². The molecular formula is C19H21FN2O5S2. The molecule has 1 N–H and O–H groups in total. The maximum atomic E-state index is 13.5. The summed E-state index contributed by atoms with van der Waals surface area (Å²) in [5.41, 5.74) is 1.27. The van der Waals surface area contributed by atoms with E-state index in [1.807, 2.05) is 0 Å². The second-order valence-electron chi connectivity index (χ2n) is 6.58. The molecule has 1 aromatic carbocycles. The van der Waals surface area contributed by atoms with Crippen LogP contribution in [-0.4, -0.2) is 39.7 Å². The highest BCUT2D eigenvalue weighted by molar-refractivity contribution is 7.92. The van der Waals surface area contributed by atoms with Gasteiger partial charge in [-0.3, -0.25) is 9.10 Å². The summed E-state index contributed by atoms with van der Waals surface area (Å²) in [5.74, 6) is -1.76. The number of rotatable bonds is 7. The van der Waals surface area contributed by atoms with Gasteiger partial charge in [-0.1, -0.05) is 6.07 Å².